The van der Waals surface area contributed by atoms with Crippen molar-refractivity contribution in [2.75, 3.05) is 31.2 Å². The summed E-state index contributed by atoms with van der Waals surface area (Å²) >= 11 is 6.45. The summed E-state index contributed by atoms with van der Waals surface area (Å²) in [5.41, 5.74) is 1.65. The van der Waals surface area contributed by atoms with Gasteiger partial charge in [-0.1, -0.05) is 53.8 Å². The van der Waals surface area contributed by atoms with Crippen molar-refractivity contribution in [3.63, 3.8) is 0 Å². The van der Waals surface area contributed by atoms with Crippen LogP contribution in [0, 0.1) is 12.7 Å². The molecule has 5 rings (SSSR count). The third kappa shape index (κ3) is 5.33. The topological polar surface area (TPSA) is 93.0 Å². The van der Waals surface area contributed by atoms with Crippen molar-refractivity contribution >= 4 is 56.0 Å². The highest BCUT2D eigenvalue weighted by Crippen LogP contribution is 2.36. The van der Waals surface area contributed by atoms with Crippen molar-refractivity contribution < 1.29 is 26.8 Å². The van der Waals surface area contributed by atoms with Gasteiger partial charge >= 0.3 is 0 Å². The van der Waals surface area contributed by atoms with Gasteiger partial charge in [0.1, 0.15) is 10.1 Å². The number of anilines is 1. The number of thioether (sulfide) groups is 1. The Morgan fingerprint density at radius 3 is 2.46 bits per heavy atom. The van der Waals surface area contributed by atoms with E-state index in [0.29, 0.717) is 30.6 Å². The highest BCUT2D eigenvalue weighted by Gasteiger charge is 2.35. The summed E-state index contributed by atoms with van der Waals surface area (Å²) in [4.78, 5) is 20.9. The molecule has 3 heterocycles. The Hall–Kier alpha value is -3.06. The van der Waals surface area contributed by atoms with Gasteiger partial charge in [0.15, 0.2) is 0 Å². The van der Waals surface area contributed by atoms with E-state index in [1.807, 2.05) is 6.92 Å². The van der Waals surface area contributed by atoms with Crippen LogP contribution in [0.5, 0.6) is 0 Å². The molecule has 2 aliphatic rings. The molecule has 2 aliphatic heterocycles. The maximum atomic E-state index is 13.5. The minimum Gasteiger partial charge on any atom is -0.420 e. The van der Waals surface area contributed by atoms with Crippen LogP contribution < -0.4 is 4.90 Å². The molecule has 2 aromatic carbocycles. The van der Waals surface area contributed by atoms with Crippen LogP contribution in [0.3, 0.4) is 0 Å². The Balaban J connectivity index is 1.48. The summed E-state index contributed by atoms with van der Waals surface area (Å²) in [6, 6.07) is 12.3. The van der Waals surface area contributed by atoms with Crippen molar-refractivity contribution in [1.29, 1.82) is 0 Å². The summed E-state index contributed by atoms with van der Waals surface area (Å²) in [5.74, 6) is -0.648. The number of nitrogens with zero attached hydrogens (tertiary/aromatic N) is 3. The SMILES string of the molecule is Cc1ccc(S(=O)(=O)c2nc(C=C3SC(=S)N(Cc4ccc(F)cc4)C3=O)oc2N2CCOCC2)cc1. The molecule has 2 saturated heterocycles. The monoisotopic (exact) mass is 559 g/mol. The normalized spacial score (nSPS) is 17.7. The van der Waals surface area contributed by atoms with Crippen LogP contribution in [0.2, 0.25) is 0 Å². The zero-order valence-corrected chi connectivity index (χ0v) is 22.2. The Morgan fingerprint density at radius 2 is 1.78 bits per heavy atom. The second-order valence-electron chi connectivity index (χ2n) is 8.47. The van der Waals surface area contributed by atoms with E-state index in [1.54, 1.807) is 29.2 Å². The standard InChI is InChI=1S/C25H22FN3O5S3/c1-16-2-8-19(9-3-16)37(31,32)22-24(28-10-12-33-13-11-28)34-21(27-22)14-20-23(30)29(25(35)36-20)15-17-4-6-18(26)7-5-17/h2-9,14H,10-13,15H2,1H3. The fourth-order valence-electron chi connectivity index (χ4n) is 3.87. The van der Waals surface area contributed by atoms with Crippen LogP contribution in [0.25, 0.3) is 6.08 Å². The number of hydrogen-bond donors (Lipinski definition) is 0. The van der Waals surface area contributed by atoms with Crippen LogP contribution >= 0.6 is 24.0 Å². The zero-order chi connectivity index (χ0) is 26.2. The number of carbonyl (C=O) groups excluding carboxylic acids is 1. The molecule has 3 aromatic rings. The predicted molar refractivity (Wildman–Crippen MR) is 141 cm³/mol. The number of amides is 1. The first-order valence-electron chi connectivity index (χ1n) is 11.4. The average molecular weight is 560 g/mol. The van der Waals surface area contributed by atoms with E-state index >= 15 is 0 Å². The van der Waals surface area contributed by atoms with Gasteiger partial charge < -0.3 is 14.1 Å². The number of benzene rings is 2. The highest BCUT2D eigenvalue weighted by molar-refractivity contribution is 8.26. The number of halogens is 1. The highest BCUT2D eigenvalue weighted by atomic mass is 32.2. The number of aryl methyl sites for hydroxylation is 1. The molecule has 2 fully saturated rings. The molecule has 192 valence electrons. The van der Waals surface area contributed by atoms with Crippen LogP contribution in [0.1, 0.15) is 17.0 Å². The number of morpholine rings is 1. The fourth-order valence-corrected chi connectivity index (χ4v) is 6.41. The lowest BCUT2D eigenvalue weighted by Gasteiger charge is -2.26. The van der Waals surface area contributed by atoms with E-state index in [0.717, 1.165) is 22.9 Å². The summed E-state index contributed by atoms with van der Waals surface area (Å²) in [5, 5.41) is -0.216. The maximum Gasteiger partial charge on any atom is 0.266 e. The third-order valence-electron chi connectivity index (χ3n) is 5.86. The number of carbonyl (C=O) groups is 1. The number of hydrogen-bond acceptors (Lipinski definition) is 9. The first kappa shape index (κ1) is 25.6. The Kier molecular flexibility index (Phi) is 7.17. The van der Waals surface area contributed by atoms with E-state index in [4.69, 9.17) is 21.4 Å². The molecule has 0 unspecified atom stereocenters. The predicted octanol–water partition coefficient (Wildman–Crippen LogP) is 4.19. The molecule has 1 aromatic heterocycles. The molecule has 37 heavy (non-hydrogen) atoms. The van der Waals surface area contributed by atoms with E-state index in [-0.39, 0.29) is 44.9 Å². The molecule has 0 radical (unpaired) electrons. The van der Waals surface area contributed by atoms with Gasteiger partial charge in [0.2, 0.25) is 26.6 Å². The largest absolute Gasteiger partial charge is 0.420 e. The van der Waals surface area contributed by atoms with E-state index < -0.39 is 9.84 Å². The minimum atomic E-state index is -4.00. The van der Waals surface area contributed by atoms with Gasteiger partial charge in [0, 0.05) is 19.2 Å². The van der Waals surface area contributed by atoms with Gasteiger partial charge in [0.05, 0.1) is 29.6 Å². The lowest BCUT2D eigenvalue weighted by molar-refractivity contribution is -0.122. The van der Waals surface area contributed by atoms with Gasteiger partial charge in [-0.15, -0.1) is 0 Å². The fraction of sp³-hybridized carbons (Fsp3) is 0.240. The molecule has 0 bridgehead atoms. The van der Waals surface area contributed by atoms with E-state index in [9.17, 15) is 17.6 Å². The van der Waals surface area contributed by atoms with Crippen LogP contribution in [0.4, 0.5) is 10.3 Å². The first-order chi connectivity index (χ1) is 17.7. The second kappa shape index (κ2) is 10.4. The molecule has 0 spiro atoms. The Bertz CT molecular complexity index is 1480. The molecule has 1 amide bonds. The molecular weight excluding hydrogens is 537 g/mol. The number of oxazole rings is 1. The smallest absolute Gasteiger partial charge is 0.266 e. The number of rotatable bonds is 6. The molecular formula is C25H22FN3O5S3. The summed E-state index contributed by atoms with van der Waals surface area (Å²) in [7, 11) is -4.00. The summed E-state index contributed by atoms with van der Waals surface area (Å²) in [6.45, 7) is 3.76. The van der Waals surface area contributed by atoms with E-state index in [2.05, 4.69) is 4.98 Å². The minimum absolute atomic E-state index is 0.0190. The van der Waals surface area contributed by atoms with Gasteiger partial charge in [0.25, 0.3) is 5.91 Å². The quantitative estimate of drug-likeness (QED) is 0.326. The van der Waals surface area contributed by atoms with Gasteiger partial charge in [-0.2, -0.15) is 4.98 Å². The number of thiocarbonyl (C=S) groups is 1. The Labute approximate surface area is 223 Å². The van der Waals surface area contributed by atoms with Crippen molar-refractivity contribution in [3.05, 3.63) is 76.3 Å². The van der Waals surface area contributed by atoms with Crippen LogP contribution in [-0.2, 0) is 25.9 Å². The lowest BCUT2D eigenvalue weighted by atomic mass is 10.2. The van der Waals surface area contributed by atoms with Gasteiger partial charge in [-0.25, -0.2) is 12.8 Å². The zero-order valence-electron chi connectivity index (χ0n) is 19.7. The van der Waals surface area contributed by atoms with Crippen molar-refractivity contribution in [1.82, 2.24) is 9.88 Å². The second-order valence-corrected chi connectivity index (χ2v) is 12.0. The molecule has 0 atom stereocenters. The van der Waals surface area contributed by atoms with Gasteiger partial charge in [-0.05, 0) is 36.8 Å². The third-order valence-corrected chi connectivity index (χ3v) is 8.91. The lowest BCUT2D eigenvalue weighted by Crippen LogP contribution is -2.36. The van der Waals surface area contributed by atoms with Crippen LogP contribution in [0.15, 0.2) is 67.8 Å². The molecule has 0 saturated carbocycles. The number of aromatic nitrogens is 1. The van der Waals surface area contributed by atoms with Gasteiger partial charge in [-0.3, -0.25) is 9.69 Å². The Morgan fingerprint density at radius 1 is 1.11 bits per heavy atom. The first-order valence-corrected chi connectivity index (χ1v) is 14.1. The molecule has 0 N–H and O–H groups in total. The summed E-state index contributed by atoms with van der Waals surface area (Å²) in [6.07, 6.45) is 1.40. The molecule has 8 nitrogen and oxygen atoms in total. The molecule has 12 heteroatoms. The number of ether oxygens (including phenoxy) is 1. The summed E-state index contributed by atoms with van der Waals surface area (Å²) < 4.78 is 52.0. The van der Waals surface area contributed by atoms with E-state index in [1.165, 1.54) is 35.2 Å². The van der Waals surface area contributed by atoms with Crippen molar-refractivity contribution in [2.45, 2.75) is 23.4 Å². The van der Waals surface area contributed by atoms with Crippen molar-refractivity contribution in [3.8, 4) is 0 Å². The van der Waals surface area contributed by atoms with Crippen LogP contribution in [-0.4, -0.2) is 54.8 Å². The molecule has 0 aliphatic carbocycles. The maximum absolute atomic E-state index is 13.5. The van der Waals surface area contributed by atoms with Crippen molar-refractivity contribution in [2.24, 2.45) is 0 Å². The average Bonchev–Trinajstić information content (AvgIpc) is 3.43. The number of sulfone groups is 1.